The standard InChI is InChI=1S/C72H104N8O14/c1-45(2)37-55-67(85)91-49(9)63(81)75(13)58(40-48(7)8)70(88)94-60(42-52-19-23-54(24-20-52)44-80-62(26-32-74-80)72(12)29-35-90-36-30-72)66(84)78(16)56(38-46(3)4)68(86)92-50(10)64(82)76(14)57(39-47(5)6)69(87)93-59(65(83)77(55)15)41-51-17-21-53(22-18-51)43-79-61(25-31-73-79)71(11)27-33-89-34-28-71/h17-26,31-32,45-50,55-60H,27-30,33-44H2,1-16H3/t49-,50-,55+,56+,57+,58+,59-,60-/m1/s1. The second kappa shape index (κ2) is 32.8. The van der Waals surface area contributed by atoms with E-state index in [2.05, 4.69) is 24.0 Å². The van der Waals surface area contributed by atoms with Crippen LogP contribution in [-0.2, 0) is 104 Å². The molecule has 0 unspecified atom stereocenters. The van der Waals surface area contributed by atoms with E-state index in [-0.39, 0.29) is 73.0 Å². The van der Waals surface area contributed by atoms with Crippen LogP contribution < -0.4 is 0 Å². The van der Waals surface area contributed by atoms with Crippen LogP contribution in [0.3, 0.4) is 0 Å². The van der Waals surface area contributed by atoms with Crippen LogP contribution in [0, 0.1) is 23.7 Å². The van der Waals surface area contributed by atoms with Crippen molar-refractivity contribution in [1.82, 2.24) is 39.2 Å². The summed E-state index contributed by atoms with van der Waals surface area (Å²) in [5, 5.41) is 9.33. The molecule has 2 aromatic carbocycles. The maximum Gasteiger partial charge on any atom is 0.329 e. The molecule has 7 rings (SSSR count). The Morgan fingerprint density at radius 2 is 0.670 bits per heavy atom. The lowest BCUT2D eigenvalue weighted by atomic mass is 9.79. The van der Waals surface area contributed by atoms with Crippen LogP contribution >= 0.6 is 0 Å². The van der Waals surface area contributed by atoms with Gasteiger partial charge in [-0.3, -0.25) is 28.5 Å². The van der Waals surface area contributed by atoms with Gasteiger partial charge in [0.2, 0.25) is 0 Å². The van der Waals surface area contributed by atoms with Crippen LogP contribution in [0.2, 0.25) is 0 Å². The molecule has 4 aromatic rings. The van der Waals surface area contributed by atoms with E-state index in [4.69, 9.17) is 28.4 Å². The molecule has 0 aliphatic carbocycles. The summed E-state index contributed by atoms with van der Waals surface area (Å²) in [6, 6.07) is 13.9. The second-order valence-electron chi connectivity index (χ2n) is 28.5. The summed E-state index contributed by atoms with van der Waals surface area (Å²) in [6.45, 7) is 25.7. The van der Waals surface area contributed by atoms with Crippen molar-refractivity contribution in [2.24, 2.45) is 23.7 Å². The average molecular weight is 1310 g/mol. The highest BCUT2D eigenvalue weighted by molar-refractivity contribution is 5.94. The van der Waals surface area contributed by atoms with E-state index < -0.39 is 96.1 Å². The normalized spacial score (nSPS) is 24.6. The molecule has 2 aromatic heterocycles. The Morgan fingerprint density at radius 3 is 0.957 bits per heavy atom. The molecular weight excluding hydrogens is 1200 g/mol. The summed E-state index contributed by atoms with van der Waals surface area (Å²) in [5.74, 6) is -7.48. The van der Waals surface area contributed by atoms with Crippen molar-refractivity contribution in [1.29, 1.82) is 0 Å². The van der Waals surface area contributed by atoms with Gasteiger partial charge < -0.3 is 48.0 Å². The molecule has 3 aliphatic heterocycles. The molecule has 4 amide bonds. The van der Waals surface area contributed by atoms with Crippen LogP contribution in [0.4, 0.5) is 0 Å². The Bertz CT molecular complexity index is 2990. The number of hydrogen-bond donors (Lipinski definition) is 0. The van der Waals surface area contributed by atoms with E-state index in [1.807, 2.05) is 125 Å². The molecule has 8 atom stereocenters. The lowest BCUT2D eigenvalue weighted by Gasteiger charge is -2.35. The Kier molecular flexibility index (Phi) is 25.8. The Hall–Kier alpha value is -7.46. The van der Waals surface area contributed by atoms with E-state index in [1.165, 1.54) is 51.8 Å². The first-order valence-electron chi connectivity index (χ1n) is 33.6. The maximum absolute atomic E-state index is 15.2. The molecule has 516 valence electrons. The number of ether oxygens (including phenoxy) is 6. The summed E-state index contributed by atoms with van der Waals surface area (Å²) in [5.41, 5.74) is 5.09. The number of nitrogens with zero attached hydrogens (tertiary/aromatic N) is 8. The van der Waals surface area contributed by atoms with E-state index >= 15 is 9.59 Å². The molecule has 5 heterocycles. The van der Waals surface area contributed by atoms with E-state index in [9.17, 15) is 28.8 Å². The molecule has 94 heavy (non-hydrogen) atoms. The highest BCUT2D eigenvalue weighted by Gasteiger charge is 2.44. The molecule has 3 aliphatic rings. The van der Waals surface area contributed by atoms with Crippen molar-refractivity contribution in [2.75, 3.05) is 54.6 Å². The summed E-state index contributed by atoms with van der Waals surface area (Å²) in [6.07, 6.45) is 0.970. The number of rotatable bonds is 18. The smallest absolute Gasteiger partial charge is 0.329 e. The van der Waals surface area contributed by atoms with Crippen molar-refractivity contribution in [3.8, 4) is 0 Å². The van der Waals surface area contributed by atoms with Crippen molar-refractivity contribution in [3.63, 3.8) is 0 Å². The number of esters is 4. The fourth-order valence-corrected chi connectivity index (χ4v) is 12.9. The van der Waals surface area contributed by atoms with Gasteiger partial charge in [0.05, 0.1) is 13.1 Å². The first-order chi connectivity index (χ1) is 44.4. The number of aromatic nitrogens is 4. The Balaban J connectivity index is 1.23. The van der Waals surface area contributed by atoms with Crippen LogP contribution in [-0.4, -0.2) is 190 Å². The quantitative estimate of drug-likeness (QED) is 0.0672. The van der Waals surface area contributed by atoms with Gasteiger partial charge in [-0.25, -0.2) is 19.2 Å². The molecular formula is C72H104N8O14. The number of likely N-dealkylation sites (N-methyl/N-ethyl adjacent to an activating group) is 4. The first-order valence-corrected chi connectivity index (χ1v) is 33.6. The van der Waals surface area contributed by atoms with Gasteiger partial charge in [-0.15, -0.1) is 0 Å². The largest absolute Gasteiger partial charge is 0.451 e. The number of cyclic esters (lactones) is 4. The molecule has 3 fully saturated rings. The van der Waals surface area contributed by atoms with E-state index in [0.29, 0.717) is 50.6 Å². The monoisotopic (exact) mass is 1300 g/mol. The van der Waals surface area contributed by atoms with Crippen molar-refractivity contribution in [3.05, 3.63) is 107 Å². The van der Waals surface area contributed by atoms with E-state index in [1.54, 1.807) is 12.4 Å². The van der Waals surface area contributed by atoms with Gasteiger partial charge in [0, 0.05) is 102 Å². The summed E-state index contributed by atoms with van der Waals surface area (Å²) < 4.78 is 39.9. The number of carbonyl (C=O) groups excluding carboxylic acids is 8. The molecule has 0 radical (unpaired) electrons. The van der Waals surface area contributed by atoms with Crippen molar-refractivity contribution < 1.29 is 66.8 Å². The van der Waals surface area contributed by atoms with Gasteiger partial charge in [-0.05, 0) is 123 Å². The van der Waals surface area contributed by atoms with Crippen molar-refractivity contribution >= 4 is 47.5 Å². The molecule has 22 nitrogen and oxygen atoms in total. The molecule has 3 saturated heterocycles. The van der Waals surface area contributed by atoms with Gasteiger partial charge >= 0.3 is 23.9 Å². The predicted molar refractivity (Wildman–Crippen MR) is 353 cm³/mol. The van der Waals surface area contributed by atoms with Gasteiger partial charge in [0.15, 0.2) is 24.4 Å². The fraction of sp³-hybridized carbons (Fsp3) is 0.639. The number of carbonyl (C=O) groups is 8. The van der Waals surface area contributed by atoms with Crippen LogP contribution in [0.15, 0.2) is 73.1 Å². The second-order valence-corrected chi connectivity index (χ2v) is 28.5. The zero-order valence-electron chi connectivity index (χ0n) is 58.5. The number of hydrogen-bond acceptors (Lipinski definition) is 16. The lowest BCUT2D eigenvalue weighted by molar-refractivity contribution is -0.176. The Labute approximate surface area is 556 Å². The lowest BCUT2D eigenvalue weighted by Crippen LogP contribution is -2.55. The Morgan fingerprint density at radius 1 is 0.404 bits per heavy atom. The molecule has 0 N–H and O–H groups in total. The molecule has 22 heteroatoms. The predicted octanol–water partition coefficient (Wildman–Crippen LogP) is 8.29. The highest BCUT2D eigenvalue weighted by atomic mass is 16.6. The summed E-state index contributed by atoms with van der Waals surface area (Å²) in [4.78, 5) is 124. The average Bonchev–Trinajstić information content (AvgIpc) is 1.55. The first kappa shape index (κ1) is 73.9. The third-order valence-corrected chi connectivity index (χ3v) is 18.9. The van der Waals surface area contributed by atoms with Gasteiger partial charge in [0.1, 0.15) is 24.2 Å². The minimum Gasteiger partial charge on any atom is -0.451 e. The summed E-state index contributed by atoms with van der Waals surface area (Å²) >= 11 is 0. The van der Waals surface area contributed by atoms with Crippen LogP contribution in [0.25, 0.3) is 0 Å². The topological polar surface area (TPSA) is 241 Å². The highest BCUT2D eigenvalue weighted by Crippen LogP contribution is 2.36. The number of benzene rings is 2. The minimum absolute atomic E-state index is 0.0758. The summed E-state index contributed by atoms with van der Waals surface area (Å²) in [7, 11) is 5.63. The third-order valence-electron chi connectivity index (χ3n) is 18.9. The van der Waals surface area contributed by atoms with Gasteiger partial charge in [-0.1, -0.05) is 118 Å². The molecule has 0 spiro atoms. The van der Waals surface area contributed by atoms with Crippen LogP contribution in [0.1, 0.15) is 168 Å². The molecule has 0 bridgehead atoms. The zero-order valence-corrected chi connectivity index (χ0v) is 58.5. The van der Waals surface area contributed by atoms with Gasteiger partial charge in [-0.2, -0.15) is 10.2 Å². The SMILES string of the molecule is CC(C)C[C@H]1C(=O)O[C@H](Cc2ccc(Cn3nccc3C3(C)CCOCC3)cc2)C(=O)N(C)[C@@H](CC(C)C)C(=O)O[C@H](C)C(=O)N(C)[C@@H](CC(C)C)C(=O)O[C@H](Cc2ccc(Cn3nccc3C3(C)CCOCC3)cc2)C(=O)N(C)[C@@H](CC(C)C)C(=O)O[C@H](C)C(=O)N1C. The maximum atomic E-state index is 15.2. The molecule has 0 saturated carbocycles. The van der Waals surface area contributed by atoms with Gasteiger partial charge in [0.25, 0.3) is 23.6 Å². The van der Waals surface area contributed by atoms with Crippen LogP contribution in [0.5, 0.6) is 0 Å². The van der Waals surface area contributed by atoms with Crippen molar-refractivity contribution in [2.45, 2.75) is 220 Å². The minimum atomic E-state index is -1.55. The zero-order chi connectivity index (χ0) is 68.9. The fourth-order valence-electron chi connectivity index (χ4n) is 12.9. The van der Waals surface area contributed by atoms with E-state index in [0.717, 1.165) is 58.0 Å². The number of amides is 4. The third kappa shape index (κ3) is 18.9.